The van der Waals surface area contributed by atoms with Gasteiger partial charge in [-0.25, -0.2) is 0 Å². The maximum Gasteiger partial charge on any atom is 0.406 e. The second kappa shape index (κ2) is 8.05. The van der Waals surface area contributed by atoms with Gasteiger partial charge in [-0.05, 0) is 30.7 Å². The van der Waals surface area contributed by atoms with Crippen molar-refractivity contribution in [1.82, 2.24) is 4.90 Å². The minimum Gasteiger partial charge on any atom is -0.395 e. The van der Waals surface area contributed by atoms with Gasteiger partial charge in [0, 0.05) is 15.9 Å². The zero-order valence-corrected chi connectivity index (χ0v) is 13.7. The molecule has 118 valence electrons. The van der Waals surface area contributed by atoms with Gasteiger partial charge in [-0.2, -0.15) is 13.2 Å². The Morgan fingerprint density at radius 1 is 1.43 bits per heavy atom. The number of thioether (sulfide) groups is 1. The summed E-state index contributed by atoms with van der Waals surface area (Å²) in [5.74, 6) is -0.743. The van der Waals surface area contributed by atoms with Gasteiger partial charge in [0.25, 0.3) is 0 Å². The van der Waals surface area contributed by atoms with Crippen molar-refractivity contribution in [3.8, 4) is 0 Å². The number of nitrogens with zero attached hydrogens (tertiary/aromatic N) is 1. The van der Waals surface area contributed by atoms with Crippen molar-refractivity contribution in [2.24, 2.45) is 0 Å². The summed E-state index contributed by atoms with van der Waals surface area (Å²) >= 11 is 4.50. The van der Waals surface area contributed by atoms with Crippen molar-refractivity contribution in [3.05, 3.63) is 28.2 Å². The van der Waals surface area contributed by atoms with E-state index in [1.54, 1.807) is 12.1 Å². The zero-order chi connectivity index (χ0) is 16.0. The average molecular weight is 386 g/mol. The predicted octanol–water partition coefficient (Wildman–Crippen LogP) is 3.23. The minimum absolute atomic E-state index is 0.0987. The lowest BCUT2D eigenvalue weighted by atomic mass is 10.2. The van der Waals surface area contributed by atoms with E-state index >= 15 is 0 Å². The molecular formula is C13H15BrF3NO2S. The Balaban J connectivity index is 2.64. The lowest BCUT2D eigenvalue weighted by Crippen LogP contribution is -2.41. The first kappa shape index (κ1) is 18.3. The van der Waals surface area contributed by atoms with Crippen LogP contribution in [0.3, 0.4) is 0 Å². The van der Waals surface area contributed by atoms with E-state index in [4.69, 9.17) is 5.11 Å². The summed E-state index contributed by atoms with van der Waals surface area (Å²) < 4.78 is 38.0. The molecule has 1 N–H and O–H groups in total. The molecule has 0 aromatic heterocycles. The molecule has 0 spiro atoms. The fourth-order valence-electron chi connectivity index (χ4n) is 1.63. The number of halogens is 4. The first-order chi connectivity index (χ1) is 9.73. The molecule has 1 aromatic rings. The summed E-state index contributed by atoms with van der Waals surface area (Å²) in [7, 11) is 0. The van der Waals surface area contributed by atoms with Crippen molar-refractivity contribution < 1.29 is 23.1 Å². The first-order valence-corrected chi connectivity index (χ1v) is 7.85. The molecule has 0 atom stereocenters. The second-order valence-electron chi connectivity index (χ2n) is 4.35. The van der Waals surface area contributed by atoms with E-state index in [0.29, 0.717) is 4.90 Å². The zero-order valence-electron chi connectivity index (χ0n) is 11.3. The van der Waals surface area contributed by atoms with Crippen LogP contribution in [0.15, 0.2) is 27.6 Å². The van der Waals surface area contributed by atoms with Crippen molar-refractivity contribution in [2.45, 2.75) is 18.0 Å². The number of carbonyl (C=O) groups excluding carboxylic acids is 1. The lowest BCUT2D eigenvalue weighted by Gasteiger charge is -2.23. The second-order valence-corrected chi connectivity index (χ2v) is 6.29. The third-order valence-corrected chi connectivity index (χ3v) is 4.23. The Labute approximate surface area is 133 Å². The van der Waals surface area contributed by atoms with Crippen LogP contribution in [-0.4, -0.2) is 47.5 Å². The smallest absolute Gasteiger partial charge is 0.395 e. The first-order valence-electron chi connectivity index (χ1n) is 6.07. The Kier molecular flexibility index (Phi) is 7.02. The van der Waals surface area contributed by atoms with Crippen LogP contribution in [0.1, 0.15) is 5.56 Å². The summed E-state index contributed by atoms with van der Waals surface area (Å²) in [6.07, 6.45) is -4.47. The van der Waals surface area contributed by atoms with Crippen LogP contribution in [0.5, 0.6) is 0 Å². The fraction of sp³-hybridized carbons (Fsp3) is 0.462. The van der Waals surface area contributed by atoms with Gasteiger partial charge in [-0.3, -0.25) is 4.79 Å². The molecule has 0 aliphatic rings. The standard InChI is InChI=1S/C13H15BrF3NO2S/c1-9-6-10(14)2-3-11(9)21-7-12(20)18(4-5-19)8-13(15,16)17/h2-3,6,19H,4-5,7-8H2,1H3. The lowest BCUT2D eigenvalue weighted by molar-refractivity contribution is -0.160. The van der Waals surface area contributed by atoms with Gasteiger partial charge in [-0.1, -0.05) is 15.9 Å². The van der Waals surface area contributed by atoms with Crippen LogP contribution in [0.2, 0.25) is 0 Å². The van der Waals surface area contributed by atoms with Gasteiger partial charge in [0.05, 0.1) is 12.4 Å². The SMILES string of the molecule is Cc1cc(Br)ccc1SCC(=O)N(CCO)CC(F)(F)F. The molecule has 8 heteroatoms. The summed E-state index contributed by atoms with van der Waals surface area (Å²) in [4.78, 5) is 13.3. The average Bonchev–Trinajstić information content (AvgIpc) is 2.35. The van der Waals surface area contributed by atoms with Crippen LogP contribution in [-0.2, 0) is 4.79 Å². The largest absolute Gasteiger partial charge is 0.406 e. The van der Waals surface area contributed by atoms with E-state index < -0.39 is 25.2 Å². The van der Waals surface area contributed by atoms with Gasteiger partial charge in [0.1, 0.15) is 6.54 Å². The van der Waals surface area contributed by atoms with Gasteiger partial charge < -0.3 is 10.0 Å². The predicted molar refractivity (Wildman–Crippen MR) is 79.3 cm³/mol. The number of carbonyl (C=O) groups is 1. The van der Waals surface area contributed by atoms with Gasteiger partial charge in [-0.15, -0.1) is 11.8 Å². The van der Waals surface area contributed by atoms with E-state index in [1.165, 1.54) is 11.8 Å². The van der Waals surface area contributed by atoms with Crippen LogP contribution < -0.4 is 0 Å². The maximum atomic E-state index is 12.4. The number of hydrogen-bond acceptors (Lipinski definition) is 3. The van der Waals surface area contributed by atoms with E-state index in [9.17, 15) is 18.0 Å². The van der Waals surface area contributed by atoms with Crippen molar-refractivity contribution in [3.63, 3.8) is 0 Å². The van der Waals surface area contributed by atoms with Crippen LogP contribution in [0.25, 0.3) is 0 Å². The number of aliphatic hydroxyl groups is 1. The number of alkyl halides is 3. The van der Waals surface area contributed by atoms with Crippen molar-refractivity contribution in [1.29, 1.82) is 0 Å². The molecule has 0 aliphatic carbocycles. The molecule has 0 bridgehead atoms. The third kappa shape index (κ3) is 6.71. The highest BCUT2D eigenvalue weighted by atomic mass is 79.9. The molecule has 0 unspecified atom stereocenters. The third-order valence-electron chi connectivity index (χ3n) is 2.58. The Bertz CT molecular complexity index is 497. The Morgan fingerprint density at radius 2 is 2.10 bits per heavy atom. The van der Waals surface area contributed by atoms with E-state index in [-0.39, 0.29) is 12.3 Å². The number of amides is 1. The van der Waals surface area contributed by atoms with Gasteiger partial charge in [0.2, 0.25) is 5.91 Å². The quantitative estimate of drug-likeness (QED) is 0.764. The highest BCUT2D eigenvalue weighted by molar-refractivity contribution is 9.10. The number of benzene rings is 1. The van der Waals surface area contributed by atoms with Crippen LogP contribution >= 0.6 is 27.7 Å². The highest BCUT2D eigenvalue weighted by Gasteiger charge is 2.32. The Morgan fingerprint density at radius 3 is 2.62 bits per heavy atom. The van der Waals surface area contributed by atoms with Crippen LogP contribution in [0.4, 0.5) is 13.2 Å². The number of aliphatic hydroxyl groups excluding tert-OH is 1. The molecule has 0 heterocycles. The van der Waals surface area contributed by atoms with E-state index in [1.807, 2.05) is 13.0 Å². The molecule has 0 aliphatic heterocycles. The van der Waals surface area contributed by atoms with Crippen molar-refractivity contribution in [2.75, 3.05) is 25.4 Å². The van der Waals surface area contributed by atoms with Crippen LogP contribution in [0, 0.1) is 6.92 Å². The van der Waals surface area contributed by atoms with Gasteiger partial charge >= 0.3 is 6.18 Å². The summed E-state index contributed by atoms with van der Waals surface area (Å²) in [5, 5.41) is 8.77. The minimum atomic E-state index is -4.47. The molecule has 0 saturated heterocycles. The summed E-state index contributed by atoms with van der Waals surface area (Å²) in [6.45, 7) is -0.299. The molecule has 1 amide bonds. The van der Waals surface area contributed by atoms with Gasteiger partial charge in [0.15, 0.2) is 0 Å². The molecule has 1 rings (SSSR count). The molecule has 0 saturated carbocycles. The summed E-state index contributed by atoms with van der Waals surface area (Å²) in [5.41, 5.74) is 0.937. The number of hydrogen-bond donors (Lipinski definition) is 1. The topological polar surface area (TPSA) is 40.5 Å². The van der Waals surface area contributed by atoms with E-state index in [2.05, 4.69) is 15.9 Å². The molecule has 0 fully saturated rings. The highest BCUT2D eigenvalue weighted by Crippen LogP contribution is 2.26. The molecular weight excluding hydrogens is 371 g/mol. The molecule has 0 radical (unpaired) electrons. The van der Waals surface area contributed by atoms with E-state index in [0.717, 1.165) is 14.9 Å². The monoisotopic (exact) mass is 385 g/mol. The summed E-state index contributed by atoms with van der Waals surface area (Å²) in [6, 6.07) is 5.48. The fourth-order valence-corrected chi connectivity index (χ4v) is 3.02. The van der Waals surface area contributed by atoms with Crippen molar-refractivity contribution >= 4 is 33.6 Å². The number of aryl methyl sites for hydroxylation is 1. The normalized spacial score (nSPS) is 11.5. The molecule has 1 aromatic carbocycles. The number of rotatable bonds is 6. The Hall–Kier alpha value is -0.730. The maximum absolute atomic E-state index is 12.4. The molecule has 3 nitrogen and oxygen atoms in total. The molecule has 21 heavy (non-hydrogen) atoms.